The van der Waals surface area contributed by atoms with Crippen LogP contribution in [0.2, 0.25) is 10.2 Å². The monoisotopic (exact) mass is 627 g/mol. The highest BCUT2D eigenvalue weighted by atomic mass is 35.5. The Kier molecular flexibility index (Phi) is 7.97. The maximum atomic E-state index is 13.9. The maximum absolute atomic E-state index is 13.9. The first kappa shape index (κ1) is 28.8. The average molecular weight is 628 g/mol. The Morgan fingerprint density at radius 1 is 0.886 bits per heavy atom. The lowest BCUT2D eigenvalue weighted by molar-refractivity contribution is 0.0697. The van der Waals surface area contributed by atoms with Gasteiger partial charge in [-0.1, -0.05) is 64.0 Å². The summed E-state index contributed by atoms with van der Waals surface area (Å²) in [7, 11) is 1.52. The summed E-state index contributed by atoms with van der Waals surface area (Å²) < 4.78 is 10.4. The van der Waals surface area contributed by atoms with E-state index in [0.29, 0.717) is 45.4 Å². The second-order valence-corrected chi connectivity index (χ2v) is 10.6. The zero-order valence-corrected chi connectivity index (χ0v) is 24.6. The number of carbonyl (C=O) groups is 1. The summed E-state index contributed by atoms with van der Waals surface area (Å²) >= 11 is 12.4. The molecule has 1 atom stereocenters. The SMILES string of the molecule is COc1cn([C@H](Cc2ccccc2)c2cn(-c3ccc(C(=O)O)cc3)nn2)c(=O)cc1-c1cc(Cl)ccc1-n1cc(Cl)nn1. The quantitative estimate of drug-likeness (QED) is 0.222. The molecule has 44 heavy (non-hydrogen) atoms. The maximum Gasteiger partial charge on any atom is 0.335 e. The topological polar surface area (TPSA) is 130 Å². The van der Waals surface area contributed by atoms with E-state index in [9.17, 15) is 14.7 Å². The van der Waals surface area contributed by atoms with Gasteiger partial charge in [-0.05, 0) is 54.4 Å². The molecule has 13 heteroatoms. The lowest BCUT2D eigenvalue weighted by Crippen LogP contribution is -2.27. The summed E-state index contributed by atoms with van der Waals surface area (Å²) in [5, 5.41) is 26.5. The number of hydrogen-bond donors (Lipinski definition) is 1. The summed E-state index contributed by atoms with van der Waals surface area (Å²) in [6, 6.07) is 22.1. The van der Waals surface area contributed by atoms with Gasteiger partial charge in [0.2, 0.25) is 0 Å². The molecule has 220 valence electrons. The second kappa shape index (κ2) is 12.2. The highest BCUT2D eigenvalue weighted by Gasteiger charge is 2.23. The van der Waals surface area contributed by atoms with Crippen LogP contribution >= 0.6 is 23.2 Å². The molecule has 0 unspecified atom stereocenters. The van der Waals surface area contributed by atoms with Gasteiger partial charge in [0, 0.05) is 22.2 Å². The standard InChI is InChI=1S/C31H23Cl2N7O4/c1-44-28-17-38(30(41)15-24(28)23-14-21(32)9-12-26(23)40-18-29(33)35-37-40)27(13-19-5-3-2-4-6-19)25-16-39(36-34-25)22-10-7-20(8-11-22)31(42)43/h2-12,14-18,27H,13H2,1H3,(H,42,43)/t27-/m1/s1. The highest BCUT2D eigenvalue weighted by molar-refractivity contribution is 6.31. The van der Waals surface area contributed by atoms with E-state index in [1.54, 1.807) is 53.5 Å². The van der Waals surface area contributed by atoms with E-state index in [2.05, 4.69) is 20.6 Å². The number of carboxylic acids is 1. The van der Waals surface area contributed by atoms with E-state index in [4.69, 9.17) is 27.9 Å². The number of aromatic carboxylic acids is 1. The average Bonchev–Trinajstić information content (AvgIpc) is 3.70. The molecule has 0 aliphatic carbocycles. The Labute approximate surface area is 260 Å². The zero-order chi connectivity index (χ0) is 30.8. The van der Waals surface area contributed by atoms with Crippen molar-refractivity contribution in [1.82, 2.24) is 34.6 Å². The summed E-state index contributed by atoms with van der Waals surface area (Å²) in [5.74, 6) is -0.612. The minimum absolute atomic E-state index is 0.157. The van der Waals surface area contributed by atoms with E-state index < -0.39 is 12.0 Å². The van der Waals surface area contributed by atoms with E-state index in [-0.39, 0.29) is 16.3 Å². The predicted molar refractivity (Wildman–Crippen MR) is 164 cm³/mol. The molecule has 3 aromatic heterocycles. The number of rotatable bonds is 9. The van der Waals surface area contributed by atoms with Crippen molar-refractivity contribution in [2.24, 2.45) is 0 Å². The number of methoxy groups -OCH3 is 1. The fourth-order valence-electron chi connectivity index (χ4n) is 4.93. The van der Waals surface area contributed by atoms with Gasteiger partial charge in [-0.2, -0.15) is 0 Å². The molecule has 11 nitrogen and oxygen atoms in total. The molecule has 3 heterocycles. The van der Waals surface area contributed by atoms with Crippen LogP contribution in [0.3, 0.4) is 0 Å². The van der Waals surface area contributed by atoms with Crippen molar-refractivity contribution >= 4 is 29.2 Å². The molecule has 0 aliphatic heterocycles. The number of benzene rings is 3. The Hall–Kier alpha value is -5.26. The van der Waals surface area contributed by atoms with Crippen LogP contribution in [0.4, 0.5) is 0 Å². The van der Waals surface area contributed by atoms with E-state index in [0.717, 1.165) is 5.56 Å². The minimum atomic E-state index is -1.02. The molecule has 0 radical (unpaired) electrons. The van der Waals surface area contributed by atoms with Gasteiger partial charge >= 0.3 is 5.97 Å². The largest absolute Gasteiger partial charge is 0.495 e. The minimum Gasteiger partial charge on any atom is -0.495 e. The number of ether oxygens (including phenoxy) is 1. The van der Waals surface area contributed by atoms with Crippen molar-refractivity contribution < 1.29 is 14.6 Å². The van der Waals surface area contributed by atoms with Crippen LogP contribution in [-0.4, -0.2) is 52.7 Å². The number of aromatic nitrogens is 7. The molecule has 0 aliphatic rings. The van der Waals surface area contributed by atoms with Gasteiger partial charge in [0.15, 0.2) is 5.15 Å². The third kappa shape index (κ3) is 5.83. The Morgan fingerprint density at radius 3 is 2.32 bits per heavy atom. The Balaban J connectivity index is 1.46. The fraction of sp³-hybridized carbons (Fsp3) is 0.0968. The fourth-order valence-corrected chi connectivity index (χ4v) is 5.22. The van der Waals surface area contributed by atoms with Crippen LogP contribution in [0.5, 0.6) is 5.75 Å². The first-order chi connectivity index (χ1) is 21.3. The van der Waals surface area contributed by atoms with Crippen LogP contribution in [-0.2, 0) is 6.42 Å². The summed E-state index contributed by atoms with van der Waals surface area (Å²) in [4.78, 5) is 25.2. The van der Waals surface area contributed by atoms with Crippen molar-refractivity contribution in [2.45, 2.75) is 12.5 Å². The lowest BCUT2D eigenvalue weighted by atomic mass is 10.0. The van der Waals surface area contributed by atoms with Crippen LogP contribution in [0.15, 0.2) is 102 Å². The Morgan fingerprint density at radius 2 is 1.64 bits per heavy atom. The zero-order valence-electron chi connectivity index (χ0n) is 23.1. The van der Waals surface area contributed by atoms with E-state index >= 15 is 0 Å². The molecule has 0 amide bonds. The van der Waals surface area contributed by atoms with Gasteiger partial charge in [-0.3, -0.25) is 4.79 Å². The molecular formula is C31H23Cl2N7O4. The highest BCUT2D eigenvalue weighted by Crippen LogP contribution is 2.36. The molecule has 0 saturated heterocycles. The molecule has 0 fully saturated rings. The Bertz CT molecular complexity index is 2020. The first-order valence-corrected chi connectivity index (χ1v) is 14.0. The molecule has 0 saturated carbocycles. The number of carboxylic acid groups (broad SMARTS) is 1. The van der Waals surface area contributed by atoms with Crippen molar-refractivity contribution in [3.63, 3.8) is 0 Å². The summed E-state index contributed by atoms with van der Waals surface area (Å²) in [6.07, 6.45) is 5.35. The van der Waals surface area contributed by atoms with Crippen LogP contribution in [0, 0.1) is 0 Å². The van der Waals surface area contributed by atoms with Crippen molar-refractivity contribution in [3.8, 4) is 28.3 Å². The summed E-state index contributed by atoms with van der Waals surface area (Å²) in [5.41, 5.74) is 3.65. The van der Waals surface area contributed by atoms with Crippen LogP contribution in [0.1, 0.15) is 27.7 Å². The third-order valence-electron chi connectivity index (χ3n) is 7.06. The second-order valence-electron chi connectivity index (χ2n) is 9.79. The van der Waals surface area contributed by atoms with Crippen LogP contribution < -0.4 is 10.3 Å². The number of halogens is 2. The van der Waals surface area contributed by atoms with E-state index in [1.807, 2.05) is 30.3 Å². The van der Waals surface area contributed by atoms with Crippen molar-refractivity contribution in [3.05, 3.63) is 135 Å². The van der Waals surface area contributed by atoms with E-state index in [1.165, 1.54) is 34.7 Å². The van der Waals surface area contributed by atoms with Gasteiger partial charge in [-0.15, -0.1) is 10.2 Å². The molecule has 3 aromatic carbocycles. The molecule has 6 aromatic rings. The number of pyridine rings is 1. The summed E-state index contributed by atoms with van der Waals surface area (Å²) in [6.45, 7) is 0. The van der Waals surface area contributed by atoms with Gasteiger partial charge in [0.05, 0.1) is 48.7 Å². The molecule has 1 N–H and O–H groups in total. The predicted octanol–water partition coefficient (Wildman–Crippen LogP) is 5.52. The third-order valence-corrected chi connectivity index (χ3v) is 7.47. The first-order valence-electron chi connectivity index (χ1n) is 13.3. The molecule has 0 spiro atoms. The van der Waals surface area contributed by atoms with Gasteiger partial charge in [0.1, 0.15) is 11.4 Å². The molecule has 0 bridgehead atoms. The normalized spacial score (nSPS) is 11.8. The van der Waals surface area contributed by atoms with Crippen molar-refractivity contribution in [1.29, 1.82) is 0 Å². The molecular weight excluding hydrogens is 605 g/mol. The van der Waals surface area contributed by atoms with Crippen molar-refractivity contribution in [2.75, 3.05) is 7.11 Å². The lowest BCUT2D eigenvalue weighted by Gasteiger charge is -2.21. The molecule has 6 rings (SSSR count). The smallest absolute Gasteiger partial charge is 0.335 e. The number of hydrogen-bond acceptors (Lipinski definition) is 7. The van der Waals surface area contributed by atoms with Crippen LogP contribution in [0.25, 0.3) is 22.5 Å². The van der Waals surface area contributed by atoms with Gasteiger partial charge < -0.3 is 14.4 Å². The van der Waals surface area contributed by atoms with Gasteiger partial charge in [-0.25, -0.2) is 14.2 Å². The number of nitrogens with zero attached hydrogens (tertiary/aromatic N) is 7. The van der Waals surface area contributed by atoms with Gasteiger partial charge in [0.25, 0.3) is 5.56 Å².